The lowest BCUT2D eigenvalue weighted by atomic mass is 9.77. The van der Waals surface area contributed by atoms with Gasteiger partial charge in [0.1, 0.15) is 0 Å². The number of allylic oxidation sites excluding steroid dienone is 2. The zero-order valence-corrected chi connectivity index (χ0v) is 21.2. The van der Waals surface area contributed by atoms with Gasteiger partial charge in [0.05, 0.1) is 6.42 Å². The summed E-state index contributed by atoms with van der Waals surface area (Å²) in [7, 11) is 2.18. The standard InChI is InChI=1S/C34H33N2/c1-4-32-31-23-27(25-12-6-5-7-13-25)18-17-26(31)19-20-30-28-14-8-9-15-29(28)33-16-10-11-21-36(33)34(30)22-24(2)35(32)3/h4-18,21,23,30,34H,2,19-20,22H2,1,3H3/q+1/b32-4-. The van der Waals surface area contributed by atoms with E-state index in [1.54, 1.807) is 0 Å². The van der Waals surface area contributed by atoms with Gasteiger partial charge in [-0.1, -0.05) is 73.3 Å². The number of hydrogen-bond donors (Lipinski definition) is 0. The second-order valence-corrected chi connectivity index (χ2v) is 10.0. The Balaban J connectivity index is 1.49. The van der Waals surface area contributed by atoms with Crippen LogP contribution < -0.4 is 4.57 Å². The van der Waals surface area contributed by atoms with Crippen molar-refractivity contribution in [2.75, 3.05) is 7.05 Å². The number of nitrogens with zero attached hydrogens (tertiary/aromatic N) is 2. The van der Waals surface area contributed by atoms with Gasteiger partial charge in [0.25, 0.3) is 0 Å². The maximum Gasteiger partial charge on any atom is 0.213 e. The van der Waals surface area contributed by atoms with Crippen LogP contribution in [0, 0.1) is 0 Å². The van der Waals surface area contributed by atoms with Crippen LogP contribution in [0.25, 0.3) is 28.1 Å². The number of aromatic nitrogens is 1. The lowest BCUT2D eigenvalue weighted by Gasteiger charge is -2.35. The van der Waals surface area contributed by atoms with Gasteiger partial charge in [-0.15, -0.1) is 0 Å². The molecule has 2 nitrogen and oxygen atoms in total. The molecular formula is C34H33N2+. The van der Waals surface area contributed by atoms with E-state index in [4.69, 9.17) is 0 Å². The van der Waals surface area contributed by atoms with Gasteiger partial charge in [0.2, 0.25) is 5.69 Å². The average molecular weight is 470 g/mol. The highest BCUT2D eigenvalue weighted by Gasteiger charge is 2.40. The number of rotatable bonds is 1. The van der Waals surface area contributed by atoms with E-state index in [0.29, 0.717) is 12.0 Å². The SMILES string of the molecule is C=C1CC2C(CCc3ccc(-c4ccccc4)cc3/C(=C/C)N1C)c1ccccc1-c1cccc[n+]12. The molecule has 2 aliphatic heterocycles. The molecule has 2 atom stereocenters. The second-order valence-electron chi connectivity index (χ2n) is 10.0. The van der Waals surface area contributed by atoms with Crippen molar-refractivity contribution in [1.82, 2.24) is 4.90 Å². The van der Waals surface area contributed by atoms with Gasteiger partial charge >= 0.3 is 0 Å². The first-order valence-electron chi connectivity index (χ1n) is 13.0. The molecule has 0 radical (unpaired) electrons. The molecule has 0 saturated carbocycles. The highest BCUT2D eigenvalue weighted by atomic mass is 15.1. The third-order valence-electron chi connectivity index (χ3n) is 8.12. The van der Waals surface area contributed by atoms with Crippen molar-refractivity contribution < 1.29 is 4.57 Å². The molecule has 2 heteroatoms. The quantitative estimate of drug-likeness (QED) is 0.258. The molecule has 0 saturated heterocycles. The first-order chi connectivity index (χ1) is 17.7. The van der Waals surface area contributed by atoms with E-state index >= 15 is 0 Å². The third-order valence-corrected chi connectivity index (χ3v) is 8.12. The van der Waals surface area contributed by atoms with Crippen LogP contribution in [0.2, 0.25) is 0 Å². The van der Waals surface area contributed by atoms with E-state index in [0.717, 1.165) is 25.0 Å². The summed E-state index contributed by atoms with van der Waals surface area (Å²) < 4.78 is 2.50. The van der Waals surface area contributed by atoms with E-state index in [1.807, 2.05) is 0 Å². The molecule has 0 fully saturated rings. The summed E-state index contributed by atoms with van der Waals surface area (Å²) in [5.74, 6) is 0.431. The lowest BCUT2D eigenvalue weighted by molar-refractivity contribution is -0.718. The average Bonchev–Trinajstić information content (AvgIpc) is 2.93. The van der Waals surface area contributed by atoms with Gasteiger partial charge in [-0.3, -0.25) is 0 Å². The van der Waals surface area contributed by atoms with Crippen molar-refractivity contribution in [1.29, 1.82) is 0 Å². The number of aryl methyl sites for hydroxylation is 1. The fourth-order valence-corrected chi connectivity index (χ4v) is 6.25. The van der Waals surface area contributed by atoms with Crippen LogP contribution in [0.5, 0.6) is 0 Å². The number of hydrogen-bond acceptors (Lipinski definition) is 1. The molecule has 0 aliphatic carbocycles. The monoisotopic (exact) mass is 469 g/mol. The van der Waals surface area contributed by atoms with Gasteiger partial charge in [-0.2, -0.15) is 4.57 Å². The Kier molecular flexibility index (Phi) is 5.81. The van der Waals surface area contributed by atoms with E-state index in [1.165, 1.54) is 44.8 Å². The Hall–Kier alpha value is -3.91. The minimum absolute atomic E-state index is 0.342. The highest BCUT2D eigenvalue weighted by Crippen LogP contribution is 2.44. The van der Waals surface area contributed by atoms with E-state index < -0.39 is 0 Å². The fourth-order valence-electron chi connectivity index (χ4n) is 6.25. The highest BCUT2D eigenvalue weighted by molar-refractivity contribution is 5.75. The molecule has 3 aromatic carbocycles. The summed E-state index contributed by atoms with van der Waals surface area (Å²) in [6.07, 6.45) is 7.57. The Morgan fingerprint density at radius 3 is 2.47 bits per heavy atom. The van der Waals surface area contributed by atoms with Crippen molar-refractivity contribution in [2.45, 2.75) is 38.1 Å². The van der Waals surface area contributed by atoms with Crippen molar-refractivity contribution >= 4 is 5.70 Å². The zero-order chi connectivity index (χ0) is 24.6. The van der Waals surface area contributed by atoms with Crippen molar-refractivity contribution in [3.63, 3.8) is 0 Å². The molecule has 2 unspecified atom stereocenters. The van der Waals surface area contributed by atoms with Gasteiger partial charge in [-0.05, 0) is 60.2 Å². The fraction of sp³-hybridized carbons (Fsp3) is 0.206. The van der Waals surface area contributed by atoms with Crippen molar-refractivity contribution in [3.8, 4) is 22.4 Å². The van der Waals surface area contributed by atoms with Crippen LogP contribution >= 0.6 is 0 Å². The summed E-state index contributed by atoms with van der Waals surface area (Å²) in [4.78, 5) is 2.32. The number of fused-ring (bicyclic) bond motifs is 7. The topological polar surface area (TPSA) is 7.12 Å². The third kappa shape index (κ3) is 3.78. The summed E-state index contributed by atoms with van der Waals surface area (Å²) in [6, 6.07) is 33.6. The molecule has 0 amide bonds. The van der Waals surface area contributed by atoms with Crippen molar-refractivity contribution in [2.24, 2.45) is 0 Å². The summed E-state index contributed by atoms with van der Waals surface area (Å²) in [6.45, 7) is 6.76. The summed E-state index contributed by atoms with van der Waals surface area (Å²) in [5.41, 5.74) is 11.8. The Labute approximate surface area is 214 Å². The largest absolute Gasteiger partial charge is 0.348 e. The first kappa shape index (κ1) is 22.5. The van der Waals surface area contributed by atoms with Gasteiger partial charge in [0.15, 0.2) is 12.2 Å². The Morgan fingerprint density at radius 1 is 0.861 bits per heavy atom. The van der Waals surface area contributed by atoms with Crippen LogP contribution in [0.3, 0.4) is 0 Å². The van der Waals surface area contributed by atoms with E-state index in [9.17, 15) is 0 Å². The van der Waals surface area contributed by atoms with Crippen LogP contribution in [0.15, 0.2) is 116 Å². The van der Waals surface area contributed by atoms with Crippen LogP contribution in [-0.4, -0.2) is 11.9 Å². The van der Waals surface area contributed by atoms with Crippen LogP contribution in [0.1, 0.15) is 48.4 Å². The van der Waals surface area contributed by atoms with Crippen molar-refractivity contribution in [3.05, 3.63) is 132 Å². The summed E-state index contributed by atoms with van der Waals surface area (Å²) in [5, 5.41) is 0. The Morgan fingerprint density at radius 2 is 1.64 bits per heavy atom. The first-order valence-corrected chi connectivity index (χ1v) is 13.0. The number of pyridine rings is 1. The molecule has 3 heterocycles. The minimum atomic E-state index is 0.342. The molecule has 36 heavy (non-hydrogen) atoms. The van der Waals surface area contributed by atoms with E-state index in [2.05, 4.69) is 133 Å². The van der Waals surface area contributed by atoms with Crippen LogP contribution in [0.4, 0.5) is 0 Å². The molecule has 4 aromatic rings. The Bertz CT molecular complexity index is 1460. The second kappa shape index (κ2) is 9.28. The van der Waals surface area contributed by atoms with Gasteiger partial charge in [0, 0.05) is 47.6 Å². The molecule has 6 rings (SSSR count). The van der Waals surface area contributed by atoms with E-state index in [-0.39, 0.29) is 0 Å². The number of benzene rings is 3. The molecule has 0 spiro atoms. The van der Waals surface area contributed by atoms with Gasteiger partial charge < -0.3 is 4.90 Å². The predicted octanol–water partition coefficient (Wildman–Crippen LogP) is 7.79. The maximum atomic E-state index is 4.61. The summed E-state index contributed by atoms with van der Waals surface area (Å²) >= 11 is 0. The maximum absolute atomic E-state index is 4.61. The molecular weight excluding hydrogens is 436 g/mol. The molecule has 178 valence electrons. The smallest absolute Gasteiger partial charge is 0.213 e. The molecule has 0 N–H and O–H groups in total. The minimum Gasteiger partial charge on any atom is -0.348 e. The van der Waals surface area contributed by atoms with Gasteiger partial charge in [-0.25, -0.2) is 0 Å². The lowest BCUT2D eigenvalue weighted by Crippen LogP contribution is -2.48. The normalized spacial score (nSPS) is 20.2. The molecule has 2 aliphatic rings. The molecule has 0 bridgehead atoms. The zero-order valence-electron chi connectivity index (χ0n) is 21.2. The van der Waals surface area contributed by atoms with Crippen LogP contribution in [-0.2, 0) is 6.42 Å². The predicted molar refractivity (Wildman–Crippen MR) is 149 cm³/mol. The molecule has 1 aromatic heterocycles.